The third-order valence-electron chi connectivity index (χ3n) is 5.99. The average molecular weight is 572 g/mol. The Labute approximate surface area is 230 Å². The Balaban J connectivity index is 2.49. The maximum absolute atomic E-state index is 13.8. The van der Waals surface area contributed by atoms with Crippen LogP contribution in [-0.2, 0) is 26.3 Å². The fourth-order valence-electron chi connectivity index (χ4n) is 3.64. The number of amides is 2. The van der Waals surface area contributed by atoms with Crippen LogP contribution >= 0.6 is 23.2 Å². The van der Waals surface area contributed by atoms with Gasteiger partial charge in [-0.1, -0.05) is 54.7 Å². The molecule has 0 saturated carbocycles. The highest BCUT2D eigenvalue weighted by Gasteiger charge is 2.33. The van der Waals surface area contributed by atoms with Gasteiger partial charge in [-0.3, -0.25) is 9.59 Å². The number of halogens is 2. The van der Waals surface area contributed by atoms with E-state index in [9.17, 15) is 18.0 Å². The fraction of sp³-hybridized carbons (Fsp3) is 0.462. The van der Waals surface area contributed by atoms with Crippen LogP contribution in [0.5, 0.6) is 0 Å². The van der Waals surface area contributed by atoms with E-state index >= 15 is 0 Å². The lowest BCUT2D eigenvalue weighted by Gasteiger charge is -2.33. The normalized spacial score (nSPS) is 12.4. The summed E-state index contributed by atoms with van der Waals surface area (Å²) in [6.07, 6.45) is 1.72. The van der Waals surface area contributed by atoms with Crippen molar-refractivity contribution in [1.82, 2.24) is 14.5 Å². The van der Waals surface area contributed by atoms with E-state index in [-0.39, 0.29) is 12.5 Å². The van der Waals surface area contributed by atoms with Crippen molar-refractivity contribution in [3.63, 3.8) is 0 Å². The third kappa shape index (κ3) is 8.07. The number of nitrogens with zero attached hydrogens (tertiary/aromatic N) is 3. The SMILES string of the molecule is CCCCNC(=O)[C@@H](C)N(Cc1ccc(Cl)c(Cl)c1)C(=O)CN(c1cc(C)ccc1C)S(=O)(=O)N(C)C. The van der Waals surface area contributed by atoms with Crippen LogP contribution in [-0.4, -0.2) is 62.7 Å². The number of hydrogen-bond donors (Lipinski definition) is 1. The first-order valence-electron chi connectivity index (χ1n) is 12.1. The largest absolute Gasteiger partial charge is 0.354 e. The molecule has 0 spiro atoms. The van der Waals surface area contributed by atoms with Gasteiger partial charge < -0.3 is 10.2 Å². The van der Waals surface area contributed by atoms with Crippen molar-refractivity contribution in [1.29, 1.82) is 0 Å². The van der Waals surface area contributed by atoms with Gasteiger partial charge in [-0.2, -0.15) is 12.7 Å². The summed E-state index contributed by atoms with van der Waals surface area (Å²) >= 11 is 12.2. The van der Waals surface area contributed by atoms with E-state index in [1.807, 2.05) is 26.0 Å². The van der Waals surface area contributed by atoms with Crippen molar-refractivity contribution in [2.75, 3.05) is 31.5 Å². The number of benzene rings is 2. The zero-order valence-electron chi connectivity index (χ0n) is 22.2. The molecule has 204 valence electrons. The lowest BCUT2D eigenvalue weighted by Crippen LogP contribution is -2.52. The summed E-state index contributed by atoms with van der Waals surface area (Å²) in [6.45, 7) is 7.32. The molecule has 2 aromatic carbocycles. The Morgan fingerprint density at radius 3 is 2.30 bits per heavy atom. The molecule has 0 bridgehead atoms. The highest BCUT2D eigenvalue weighted by Crippen LogP contribution is 2.27. The van der Waals surface area contributed by atoms with Crippen LogP contribution in [0.2, 0.25) is 10.0 Å². The molecule has 0 aromatic heterocycles. The van der Waals surface area contributed by atoms with E-state index in [0.29, 0.717) is 33.4 Å². The van der Waals surface area contributed by atoms with Gasteiger partial charge in [-0.05, 0) is 62.1 Å². The Hall–Kier alpha value is -2.33. The van der Waals surface area contributed by atoms with Gasteiger partial charge >= 0.3 is 10.2 Å². The van der Waals surface area contributed by atoms with Crippen LogP contribution in [0.4, 0.5) is 5.69 Å². The summed E-state index contributed by atoms with van der Waals surface area (Å²) < 4.78 is 28.8. The first kappa shape index (κ1) is 30.9. The molecule has 2 amide bonds. The second kappa shape index (κ2) is 13.5. The van der Waals surface area contributed by atoms with Crippen molar-refractivity contribution in [2.24, 2.45) is 0 Å². The lowest BCUT2D eigenvalue weighted by molar-refractivity contribution is -0.139. The first-order chi connectivity index (χ1) is 17.3. The van der Waals surface area contributed by atoms with Crippen molar-refractivity contribution >= 4 is 50.9 Å². The van der Waals surface area contributed by atoms with E-state index in [4.69, 9.17) is 23.2 Å². The molecular formula is C26H36Cl2N4O4S. The Bertz CT molecular complexity index is 1220. The Kier molecular flexibility index (Phi) is 11.2. The van der Waals surface area contributed by atoms with Gasteiger partial charge in [0.2, 0.25) is 11.8 Å². The van der Waals surface area contributed by atoms with E-state index in [2.05, 4.69) is 5.32 Å². The van der Waals surface area contributed by atoms with Crippen LogP contribution in [0.3, 0.4) is 0 Å². The van der Waals surface area contributed by atoms with E-state index in [1.54, 1.807) is 38.1 Å². The van der Waals surface area contributed by atoms with Crippen molar-refractivity contribution in [3.05, 3.63) is 63.1 Å². The first-order valence-corrected chi connectivity index (χ1v) is 14.2. The van der Waals surface area contributed by atoms with Crippen molar-refractivity contribution in [2.45, 2.75) is 53.1 Å². The second-order valence-electron chi connectivity index (χ2n) is 9.18. The molecule has 0 aliphatic heterocycles. The molecule has 0 heterocycles. The standard InChI is InChI=1S/C26H36Cl2N4O4S/c1-7-8-13-29-26(34)20(4)31(16-21-11-12-22(27)23(28)15-21)25(33)17-32(37(35,36)30(5)6)24-14-18(2)9-10-19(24)3/h9-12,14-15,20H,7-8,13,16-17H2,1-6H3,(H,29,34)/t20-/m1/s1. The highest BCUT2D eigenvalue weighted by atomic mass is 35.5. The molecule has 1 atom stereocenters. The topological polar surface area (TPSA) is 90.0 Å². The third-order valence-corrected chi connectivity index (χ3v) is 8.53. The smallest absolute Gasteiger partial charge is 0.304 e. The minimum Gasteiger partial charge on any atom is -0.354 e. The van der Waals surface area contributed by atoms with Crippen molar-refractivity contribution < 1.29 is 18.0 Å². The van der Waals surface area contributed by atoms with Crippen LogP contribution in [0.25, 0.3) is 0 Å². The zero-order valence-corrected chi connectivity index (χ0v) is 24.5. The van der Waals surface area contributed by atoms with E-state index < -0.39 is 28.7 Å². The number of hydrogen-bond acceptors (Lipinski definition) is 4. The number of aryl methyl sites for hydroxylation is 2. The molecule has 0 unspecified atom stereocenters. The summed E-state index contributed by atoms with van der Waals surface area (Å²) in [5, 5.41) is 3.54. The van der Waals surface area contributed by atoms with Crippen molar-refractivity contribution in [3.8, 4) is 0 Å². The summed E-state index contributed by atoms with van der Waals surface area (Å²) in [4.78, 5) is 28.1. The van der Waals surface area contributed by atoms with Gasteiger partial charge in [0.1, 0.15) is 12.6 Å². The summed E-state index contributed by atoms with van der Waals surface area (Å²) in [5.74, 6) is -0.855. The summed E-state index contributed by atoms with van der Waals surface area (Å²) in [5.41, 5.74) is 2.61. The Morgan fingerprint density at radius 1 is 1.03 bits per heavy atom. The van der Waals surface area contributed by atoms with Gasteiger partial charge in [0.25, 0.3) is 0 Å². The predicted octanol–water partition coefficient (Wildman–Crippen LogP) is 4.56. The molecule has 0 radical (unpaired) electrons. The molecule has 0 fully saturated rings. The minimum absolute atomic E-state index is 0.0424. The molecule has 2 rings (SSSR count). The quantitative estimate of drug-likeness (QED) is 0.379. The minimum atomic E-state index is -4.03. The molecule has 11 heteroatoms. The molecule has 37 heavy (non-hydrogen) atoms. The van der Waals surface area contributed by atoms with Gasteiger partial charge in [0.05, 0.1) is 15.7 Å². The molecule has 1 N–H and O–H groups in total. The Morgan fingerprint density at radius 2 is 1.70 bits per heavy atom. The predicted molar refractivity (Wildman–Crippen MR) is 150 cm³/mol. The lowest BCUT2D eigenvalue weighted by atomic mass is 10.1. The fourth-order valence-corrected chi connectivity index (χ4v) is 5.08. The monoisotopic (exact) mass is 570 g/mol. The van der Waals surface area contributed by atoms with Gasteiger partial charge in [0.15, 0.2) is 0 Å². The van der Waals surface area contributed by atoms with Gasteiger partial charge in [-0.15, -0.1) is 0 Å². The summed E-state index contributed by atoms with van der Waals surface area (Å²) in [7, 11) is -1.20. The van der Waals surface area contributed by atoms with Crippen LogP contribution in [0.15, 0.2) is 36.4 Å². The van der Waals surface area contributed by atoms with Crippen LogP contribution < -0.4 is 9.62 Å². The molecule has 2 aromatic rings. The number of carbonyl (C=O) groups excluding carboxylic acids is 2. The summed E-state index contributed by atoms with van der Waals surface area (Å²) in [6, 6.07) is 9.52. The molecule has 0 saturated heterocycles. The van der Waals surface area contributed by atoms with Crippen LogP contribution in [0, 0.1) is 13.8 Å². The van der Waals surface area contributed by atoms with E-state index in [0.717, 1.165) is 27.0 Å². The maximum Gasteiger partial charge on any atom is 0.304 e. The molecule has 8 nitrogen and oxygen atoms in total. The van der Waals surface area contributed by atoms with Gasteiger partial charge in [0, 0.05) is 27.2 Å². The number of rotatable bonds is 12. The van der Waals surface area contributed by atoms with E-state index in [1.165, 1.54) is 19.0 Å². The molecular weight excluding hydrogens is 535 g/mol. The number of nitrogens with one attached hydrogen (secondary N) is 1. The second-order valence-corrected chi connectivity index (χ2v) is 12.1. The highest BCUT2D eigenvalue weighted by molar-refractivity contribution is 7.90. The maximum atomic E-state index is 13.8. The number of anilines is 1. The van der Waals surface area contributed by atoms with Gasteiger partial charge in [-0.25, -0.2) is 4.31 Å². The number of unbranched alkanes of at least 4 members (excludes halogenated alkanes) is 1. The van der Waals surface area contributed by atoms with Crippen LogP contribution in [0.1, 0.15) is 43.4 Å². The zero-order chi connectivity index (χ0) is 27.9. The average Bonchev–Trinajstić information content (AvgIpc) is 2.84. The molecule has 0 aliphatic carbocycles. The molecule has 0 aliphatic rings. The number of carbonyl (C=O) groups is 2.